The molecule has 2 fully saturated rings. The molecule has 0 saturated carbocycles. The predicted molar refractivity (Wildman–Crippen MR) is 66.1 cm³/mol. The molecule has 0 aromatic carbocycles. The SMILES string of the molecule is C[C@@H]1OC(C2O[C@H](CO)[C@@H](O)[C@H](O)[C@H]2O)[C@H](O)[C@H](O)[C@H]1O. The molecule has 0 radical (unpaired) electrons. The van der Waals surface area contributed by atoms with E-state index in [-0.39, 0.29) is 0 Å². The Balaban J connectivity index is 2.19. The molecular formula is C12H22O9. The van der Waals surface area contributed by atoms with Gasteiger partial charge < -0.3 is 45.2 Å². The monoisotopic (exact) mass is 310 g/mol. The molecule has 2 unspecified atom stereocenters. The second-order valence-electron chi connectivity index (χ2n) is 5.57. The van der Waals surface area contributed by atoms with Crippen molar-refractivity contribution < 1.29 is 45.2 Å². The van der Waals surface area contributed by atoms with Gasteiger partial charge in [-0.1, -0.05) is 0 Å². The summed E-state index contributed by atoms with van der Waals surface area (Å²) in [5.74, 6) is 0. The minimum Gasteiger partial charge on any atom is -0.394 e. The molecule has 124 valence electrons. The first kappa shape index (κ1) is 17.0. The summed E-state index contributed by atoms with van der Waals surface area (Å²) in [5.41, 5.74) is 0. The van der Waals surface area contributed by atoms with Gasteiger partial charge in [0.05, 0.1) is 12.7 Å². The third-order valence-corrected chi connectivity index (χ3v) is 4.14. The van der Waals surface area contributed by atoms with Gasteiger partial charge in [-0.15, -0.1) is 0 Å². The van der Waals surface area contributed by atoms with Crippen LogP contribution in [0.5, 0.6) is 0 Å². The maximum Gasteiger partial charge on any atom is 0.115 e. The minimum atomic E-state index is -1.60. The van der Waals surface area contributed by atoms with Crippen molar-refractivity contribution in [2.75, 3.05) is 6.61 Å². The summed E-state index contributed by atoms with van der Waals surface area (Å²) in [7, 11) is 0. The lowest BCUT2D eigenvalue weighted by molar-refractivity contribution is -0.297. The van der Waals surface area contributed by atoms with Crippen LogP contribution < -0.4 is 0 Å². The first-order valence-electron chi connectivity index (χ1n) is 6.79. The smallest absolute Gasteiger partial charge is 0.115 e. The Kier molecular flexibility index (Phi) is 5.19. The third kappa shape index (κ3) is 2.93. The van der Waals surface area contributed by atoms with Crippen molar-refractivity contribution in [3.05, 3.63) is 0 Å². The average molecular weight is 310 g/mol. The fourth-order valence-electron chi connectivity index (χ4n) is 2.76. The normalized spacial score (nSPS) is 55.4. The highest BCUT2D eigenvalue weighted by atomic mass is 16.6. The maximum atomic E-state index is 9.98. The van der Waals surface area contributed by atoms with Gasteiger partial charge >= 0.3 is 0 Å². The van der Waals surface area contributed by atoms with Crippen LogP contribution >= 0.6 is 0 Å². The molecule has 9 heteroatoms. The van der Waals surface area contributed by atoms with Gasteiger partial charge in [0, 0.05) is 0 Å². The van der Waals surface area contributed by atoms with Crippen LogP contribution in [0.3, 0.4) is 0 Å². The molecule has 9 nitrogen and oxygen atoms in total. The molecular weight excluding hydrogens is 288 g/mol. The highest BCUT2D eigenvalue weighted by Gasteiger charge is 2.53. The Morgan fingerprint density at radius 2 is 1.14 bits per heavy atom. The Morgan fingerprint density at radius 1 is 0.667 bits per heavy atom. The lowest BCUT2D eigenvalue weighted by Crippen LogP contribution is -2.68. The number of aliphatic hydroxyl groups is 7. The standard InChI is InChI=1S/C12H22O9/c1-3-5(14)7(16)9(18)11(20-3)12-10(19)8(17)6(15)4(2-13)21-12/h3-19H,2H2,1H3/t3-,4+,5-,6+,7+,8-,9+,10+,11?,12?/m0/s1. The summed E-state index contributed by atoms with van der Waals surface area (Å²) < 4.78 is 10.6. The molecule has 21 heavy (non-hydrogen) atoms. The summed E-state index contributed by atoms with van der Waals surface area (Å²) >= 11 is 0. The van der Waals surface area contributed by atoms with Gasteiger partial charge in [-0.3, -0.25) is 0 Å². The van der Waals surface area contributed by atoms with Gasteiger partial charge in [0.1, 0.15) is 54.9 Å². The van der Waals surface area contributed by atoms with Crippen molar-refractivity contribution in [3.63, 3.8) is 0 Å². The highest BCUT2D eigenvalue weighted by molar-refractivity contribution is 5.01. The van der Waals surface area contributed by atoms with Gasteiger partial charge in [0.25, 0.3) is 0 Å². The molecule has 0 bridgehead atoms. The topological polar surface area (TPSA) is 160 Å². The largest absolute Gasteiger partial charge is 0.394 e. The summed E-state index contributed by atoms with van der Waals surface area (Å²) in [6.07, 6.45) is -13.6. The van der Waals surface area contributed by atoms with Crippen molar-refractivity contribution in [3.8, 4) is 0 Å². The molecule has 0 amide bonds. The molecule has 2 heterocycles. The van der Waals surface area contributed by atoms with Crippen LogP contribution in [0, 0.1) is 0 Å². The van der Waals surface area contributed by atoms with Crippen molar-refractivity contribution in [2.45, 2.75) is 68.0 Å². The number of hydrogen-bond acceptors (Lipinski definition) is 9. The van der Waals surface area contributed by atoms with E-state index in [0.717, 1.165) is 0 Å². The summed E-state index contributed by atoms with van der Waals surface area (Å²) in [6.45, 7) is 0.863. The van der Waals surface area contributed by atoms with E-state index in [9.17, 15) is 30.6 Å². The first-order valence-corrected chi connectivity index (χ1v) is 6.79. The third-order valence-electron chi connectivity index (χ3n) is 4.14. The number of aliphatic hydroxyl groups excluding tert-OH is 7. The van der Waals surface area contributed by atoms with Crippen molar-refractivity contribution >= 4 is 0 Å². The van der Waals surface area contributed by atoms with Crippen molar-refractivity contribution in [2.24, 2.45) is 0 Å². The lowest BCUT2D eigenvalue weighted by atomic mass is 9.86. The van der Waals surface area contributed by atoms with E-state index in [1.54, 1.807) is 0 Å². The van der Waals surface area contributed by atoms with Gasteiger partial charge in [-0.25, -0.2) is 0 Å². The maximum absolute atomic E-state index is 9.98. The molecule has 0 spiro atoms. The fourth-order valence-corrected chi connectivity index (χ4v) is 2.76. The molecule has 0 aromatic heterocycles. The van der Waals surface area contributed by atoms with Crippen molar-refractivity contribution in [1.29, 1.82) is 0 Å². The zero-order chi connectivity index (χ0) is 15.9. The summed E-state index contributed by atoms with van der Waals surface area (Å²) in [6, 6.07) is 0. The Morgan fingerprint density at radius 3 is 1.67 bits per heavy atom. The van der Waals surface area contributed by atoms with Crippen molar-refractivity contribution in [1.82, 2.24) is 0 Å². The second-order valence-corrected chi connectivity index (χ2v) is 5.57. The molecule has 0 aromatic rings. The molecule has 0 aliphatic carbocycles. The average Bonchev–Trinajstić information content (AvgIpc) is 2.47. The number of ether oxygens (including phenoxy) is 2. The molecule has 2 rings (SSSR count). The van der Waals surface area contributed by atoms with E-state index in [2.05, 4.69) is 0 Å². The summed E-state index contributed by atoms with van der Waals surface area (Å²) in [5, 5.41) is 67.9. The molecule has 2 aliphatic heterocycles. The van der Waals surface area contributed by atoms with Gasteiger partial charge in [0.15, 0.2) is 0 Å². The zero-order valence-corrected chi connectivity index (χ0v) is 11.4. The Hall–Kier alpha value is -0.360. The molecule has 2 saturated heterocycles. The minimum absolute atomic E-state index is 0.606. The van der Waals surface area contributed by atoms with E-state index < -0.39 is 67.6 Å². The molecule has 2 aliphatic rings. The summed E-state index contributed by atoms with van der Waals surface area (Å²) in [4.78, 5) is 0. The van der Waals surface area contributed by atoms with Crippen LogP contribution in [0.25, 0.3) is 0 Å². The number of hydrogen-bond donors (Lipinski definition) is 7. The fraction of sp³-hybridized carbons (Fsp3) is 1.00. The zero-order valence-electron chi connectivity index (χ0n) is 11.4. The van der Waals surface area contributed by atoms with Gasteiger partial charge in [0.2, 0.25) is 0 Å². The van der Waals surface area contributed by atoms with Crippen LogP contribution in [0.1, 0.15) is 6.92 Å². The van der Waals surface area contributed by atoms with E-state index in [4.69, 9.17) is 14.6 Å². The Labute approximate surface area is 121 Å². The highest BCUT2D eigenvalue weighted by Crippen LogP contribution is 2.31. The van der Waals surface area contributed by atoms with Crippen LogP contribution in [0.2, 0.25) is 0 Å². The van der Waals surface area contributed by atoms with E-state index >= 15 is 0 Å². The number of rotatable bonds is 2. The first-order chi connectivity index (χ1) is 9.79. The Bertz CT molecular complexity index is 352. The van der Waals surface area contributed by atoms with Crippen LogP contribution in [0.4, 0.5) is 0 Å². The quantitative estimate of drug-likeness (QED) is 0.268. The van der Waals surface area contributed by atoms with Gasteiger partial charge in [-0.05, 0) is 6.92 Å². The van der Waals surface area contributed by atoms with E-state index in [1.807, 2.05) is 0 Å². The van der Waals surface area contributed by atoms with E-state index in [0.29, 0.717) is 0 Å². The predicted octanol–water partition coefficient (Wildman–Crippen LogP) is -4.30. The second kappa shape index (κ2) is 6.41. The van der Waals surface area contributed by atoms with Crippen LogP contribution in [-0.4, -0.2) is 103 Å². The van der Waals surface area contributed by atoms with Crippen LogP contribution in [0.15, 0.2) is 0 Å². The van der Waals surface area contributed by atoms with Gasteiger partial charge in [-0.2, -0.15) is 0 Å². The molecule has 7 N–H and O–H groups in total. The van der Waals surface area contributed by atoms with E-state index in [1.165, 1.54) is 6.92 Å². The van der Waals surface area contributed by atoms with Crippen LogP contribution in [-0.2, 0) is 9.47 Å². The lowest BCUT2D eigenvalue weighted by Gasteiger charge is -2.48. The molecule has 10 atom stereocenters.